The summed E-state index contributed by atoms with van der Waals surface area (Å²) in [5, 5.41) is 6.36. The van der Waals surface area contributed by atoms with Crippen LogP contribution >= 0.6 is 11.6 Å². The number of halogens is 4. The van der Waals surface area contributed by atoms with Gasteiger partial charge in [-0.2, -0.15) is 13.2 Å². The number of aromatic nitrogens is 1. The Bertz CT molecular complexity index is 1030. The van der Waals surface area contributed by atoms with Crippen molar-refractivity contribution in [3.8, 4) is 0 Å². The molecule has 2 N–H and O–H groups in total. The topological polar surface area (TPSA) is 54.0 Å². The summed E-state index contributed by atoms with van der Waals surface area (Å²) in [4.78, 5) is 16.0. The molecule has 3 aromatic rings. The summed E-state index contributed by atoms with van der Waals surface area (Å²) >= 11 is 6.02. The number of pyridine rings is 1. The Balaban J connectivity index is 2.02. The molecule has 0 unspecified atom stereocenters. The van der Waals surface area contributed by atoms with Gasteiger partial charge in [0.1, 0.15) is 0 Å². The summed E-state index contributed by atoms with van der Waals surface area (Å²) in [7, 11) is 0. The Morgan fingerprint density at radius 3 is 2.50 bits per heavy atom. The Kier molecular flexibility index (Phi) is 5.47. The van der Waals surface area contributed by atoms with Gasteiger partial charge in [-0.25, -0.2) is 0 Å². The first-order valence-electron chi connectivity index (χ1n) is 8.48. The maximum Gasteiger partial charge on any atom is 0.418 e. The van der Waals surface area contributed by atoms with Crippen molar-refractivity contribution in [2.75, 3.05) is 10.6 Å². The number of nitrogens with one attached hydrogen (secondary N) is 2. The van der Waals surface area contributed by atoms with E-state index in [4.69, 9.17) is 11.6 Å². The van der Waals surface area contributed by atoms with Crippen LogP contribution in [0.25, 0.3) is 10.9 Å². The zero-order valence-electron chi connectivity index (χ0n) is 15.1. The van der Waals surface area contributed by atoms with Crippen molar-refractivity contribution in [3.63, 3.8) is 0 Å². The highest BCUT2D eigenvalue weighted by molar-refractivity contribution is 6.31. The Hall–Kier alpha value is -2.80. The van der Waals surface area contributed by atoms with E-state index in [0.29, 0.717) is 21.6 Å². The summed E-state index contributed by atoms with van der Waals surface area (Å²) in [5.41, 5.74) is 0.100. The zero-order chi connectivity index (χ0) is 20.5. The van der Waals surface area contributed by atoms with Crippen molar-refractivity contribution >= 4 is 45.5 Å². The van der Waals surface area contributed by atoms with Crippen LogP contribution in [0, 0.1) is 5.92 Å². The van der Waals surface area contributed by atoms with Gasteiger partial charge in [-0.1, -0.05) is 25.4 Å². The van der Waals surface area contributed by atoms with Crippen molar-refractivity contribution in [2.45, 2.75) is 20.0 Å². The third-order valence-electron chi connectivity index (χ3n) is 4.09. The number of anilines is 3. The van der Waals surface area contributed by atoms with Crippen molar-refractivity contribution in [3.05, 3.63) is 59.2 Å². The van der Waals surface area contributed by atoms with Gasteiger partial charge in [-0.15, -0.1) is 0 Å². The van der Waals surface area contributed by atoms with Crippen LogP contribution in [0.2, 0.25) is 5.02 Å². The maximum absolute atomic E-state index is 13.6. The smallest absolute Gasteiger partial charge is 0.354 e. The average molecular weight is 408 g/mol. The van der Waals surface area contributed by atoms with E-state index < -0.39 is 11.7 Å². The lowest BCUT2D eigenvalue weighted by Crippen LogP contribution is -2.18. The van der Waals surface area contributed by atoms with Gasteiger partial charge >= 0.3 is 6.18 Å². The first kappa shape index (κ1) is 19.9. The number of nitrogens with zero attached hydrogens (tertiary/aromatic N) is 1. The molecule has 0 fully saturated rings. The summed E-state index contributed by atoms with van der Waals surface area (Å²) in [5.74, 6) is -0.705. The molecule has 4 nitrogen and oxygen atoms in total. The fourth-order valence-electron chi connectivity index (χ4n) is 2.62. The van der Waals surface area contributed by atoms with E-state index in [1.165, 1.54) is 18.3 Å². The van der Waals surface area contributed by atoms with Gasteiger partial charge < -0.3 is 10.6 Å². The van der Waals surface area contributed by atoms with Crippen LogP contribution in [-0.2, 0) is 11.0 Å². The normalized spacial score (nSPS) is 11.7. The monoisotopic (exact) mass is 407 g/mol. The minimum Gasteiger partial charge on any atom is -0.354 e. The van der Waals surface area contributed by atoms with Crippen LogP contribution in [0.4, 0.5) is 30.2 Å². The highest BCUT2D eigenvalue weighted by Gasteiger charge is 2.34. The number of rotatable bonds is 4. The molecule has 0 spiro atoms. The fourth-order valence-corrected chi connectivity index (χ4v) is 2.80. The molecular weight excluding hydrogens is 391 g/mol. The Morgan fingerprint density at radius 2 is 1.82 bits per heavy atom. The fraction of sp³-hybridized carbons (Fsp3) is 0.200. The molecule has 0 saturated carbocycles. The number of hydrogen-bond donors (Lipinski definition) is 2. The molecule has 0 atom stereocenters. The molecule has 0 saturated heterocycles. The van der Waals surface area contributed by atoms with E-state index in [1.807, 2.05) is 0 Å². The van der Waals surface area contributed by atoms with Gasteiger partial charge in [0, 0.05) is 33.9 Å². The van der Waals surface area contributed by atoms with E-state index in [2.05, 4.69) is 15.6 Å². The third-order valence-corrected chi connectivity index (χ3v) is 4.32. The zero-order valence-corrected chi connectivity index (χ0v) is 15.8. The SMILES string of the molecule is CC(C)C(=O)Nc1ccc(Nc2ccnc3ccc(Cl)cc23)c(C(F)(F)F)c1. The highest BCUT2D eigenvalue weighted by atomic mass is 35.5. The Labute approximate surface area is 164 Å². The quantitative estimate of drug-likeness (QED) is 0.537. The largest absolute Gasteiger partial charge is 0.418 e. The first-order chi connectivity index (χ1) is 13.1. The van der Waals surface area contributed by atoms with E-state index in [1.54, 1.807) is 38.1 Å². The highest BCUT2D eigenvalue weighted by Crippen LogP contribution is 2.39. The second-order valence-electron chi connectivity index (χ2n) is 6.55. The number of carbonyl (C=O) groups excluding carboxylic acids is 1. The predicted octanol–water partition coefficient (Wildman–Crippen LogP) is 6.25. The standard InChI is InChI=1S/C20H17ClF3N3O/c1-11(2)19(28)26-13-4-6-18(15(10-13)20(22,23)24)27-17-7-8-25-16-5-3-12(21)9-14(16)17/h3-11H,1-2H3,(H,25,27)(H,26,28). The molecule has 0 bridgehead atoms. The van der Waals surface area contributed by atoms with Crippen LogP contribution < -0.4 is 10.6 Å². The molecule has 0 radical (unpaired) electrons. The van der Waals surface area contributed by atoms with Crippen LogP contribution in [0.5, 0.6) is 0 Å². The summed E-state index contributed by atoms with van der Waals surface area (Å²) in [6.45, 7) is 3.32. The lowest BCUT2D eigenvalue weighted by Gasteiger charge is -2.18. The van der Waals surface area contributed by atoms with Crippen LogP contribution in [0.15, 0.2) is 48.7 Å². The van der Waals surface area contributed by atoms with Gasteiger partial charge in [0.05, 0.1) is 16.8 Å². The minimum atomic E-state index is -4.61. The Morgan fingerprint density at radius 1 is 1.07 bits per heavy atom. The number of carbonyl (C=O) groups is 1. The summed E-state index contributed by atoms with van der Waals surface area (Å²) in [6, 6.07) is 10.2. The molecule has 3 rings (SSSR count). The van der Waals surface area contributed by atoms with E-state index in [0.717, 1.165) is 6.07 Å². The van der Waals surface area contributed by atoms with Gasteiger partial charge in [0.15, 0.2) is 0 Å². The molecule has 0 aliphatic heterocycles. The van der Waals surface area contributed by atoms with Gasteiger partial charge in [0.2, 0.25) is 5.91 Å². The maximum atomic E-state index is 13.6. The minimum absolute atomic E-state index is 0.0826. The first-order valence-corrected chi connectivity index (χ1v) is 8.86. The summed E-state index contributed by atoms with van der Waals surface area (Å²) < 4.78 is 40.9. The second-order valence-corrected chi connectivity index (χ2v) is 6.98. The molecule has 0 aliphatic rings. The van der Waals surface area contributed by atoms with Gasteiger partial charge in [-0.3, -0.25) is 9.78 Å². The molecular formula is C20H17ClF3N3O. The third kappa shape index (κ3) is 4.36. The molecule has 146 valence electrons. The van der Waals surface area contributed by atoms with Crippen LogP contribution in [0.1, 0.15) is 19.4 Å². The van der Waals surface area contributed by atoms with Crippen LogP contribution in [0.3, 0.4) is 0 Å². The molecule has 0 aliphatic carbocycles. The molecule has 1 heterocycles. The van der Waals surface area contributed by atoms with Gasteiger partial charge in [-0.05, 0) is 42.5 Å². The number of fused-ring (bicyclic) bond motifs is 1. The predicted molar refractivity (Wildman–Crippen MR) is 105 cm³/mol. The van der Waals surface area contributed by atoms with Crippen molar-refractivity contribution < 1.29 is 18.0 Å². The van der Waals surface area contributed by atoms with Gasteiger partial charge in [0.25, 0.3) is 0 Å². The summed E-state index contributed by atoms with van der Waals surface area (Å²) in [6.07, 6.45) is -3.11. The number of amides is 1. The van der Waals surface area contributed by atoms with E-state index in [9.17, 15) is 18.0 Å². The number of alkyl halides is 3. The van der Waals surface area contributed by atoms with Crippen molar-refractivity contribution in [1.29, 1.82) is 0 Å². The van der Waals surface area contributed by atoms with Crippen LogP contribution in [-0.4, -0.2) is 10.9 Å². The molecule has 1 amide bonds. The molecule has 8 heteroatoms. The van der Waals surface area contributed by atoms with Crippen molar-refractivity contribution in [2.24, 2.45) is 5.92 Å². The lowest BCUT2D eigenvalue weighted by atomic mass is 10.1. The lowest BCUT2D eigenvalue weighted by molar-refractivity contribution is -0.137. The van der Waals surface area contributed by atoms with Crippen molar-refractivity contribution in [1.82, 2.24) is 4.98 Å². The number of benzene rings is 2. The second kappa shape index (κ2) is 7.67. The van der Waals surface area contributed by atoms with E-state index >= 15 is 0 Å². The molecule has 1 aromatic heterocycles. The number of hydrogen-bond acceptors (Lipinski definition) is 3. The average Bonchev–Trinajstić information content (AvgIpc) is 2.62. The molecule has 28 heavy (non-hydrogen) atoms. The molecule has 2 aromatic carbocycles. The van der Waals surface area contributed by atoms with E-state index in [-0.39, 0.29) is 23.2 Å².